The molecule has 1 amide bonds. The van der Waals surface area contributed by atoms with Crippen molar-refractivity contribution < 1.29 is 13.9 Å². The molecule has 1 aliphatic rings. The van der Waals surface area contributed by atoms with Gasteiger partial charge in [-0.15, -0.1) is 0 Å². The van der Waals surface area contributed by atoms with Gasteiger partial charge in [0.2, 0.25) is 5.91 Å². The molecule has 0 saturated heterocycles. The van der Waals surface area contributed by atoms with Crippen LogP contribution < -0.4 is 10.1 Å². The zero-order chi connectivity index (χ0) is 11.9. The van der Waals surface area contributed by atoms with Crippen LogP contribution in [0.25, 0.3) is 0 Å². The highest BCUT2D eigenvalue weighted by molar-refractivity contribution is 9.10. The molecule has 3 nitrogen and oxygen atoms in total. The molecular weight excluding hydrogens is 277 g/mol. The third-order valence-corrected chi connectivity index (χ3v) is 2.70. The number of ether oxygens (including phenoxy) is 1. The average Bonchev–Trinajstić information content (AvgIpc) is 2.19. The molecule has 0 radical (unpaired) electrons. The Hall–Kier alpha value is -1.10. The van der Waals surface area contributed by atoms with E-state index in [-0.39, 0.29) is 18.1 Å². The second-order valence-corrected chi connectivity index (χ2v) is 5.27. The SMILES string of the molecule is CC1(C)CC(=O)Nc2cc(Br)cc(F)c2O1. The number of carbonyl (C=O) groups excluding carboxylic acids is 1. The predicted molar refractivity (Wildman–Crippen MR) is 62.1 cm³/mol. The Morgan fingerprint density at radius 3 is 2.88 bits per heavy atom. The Bertz CT molecular complexity index is 460. The van der Waals surface area contributed by atoms with E-state index in [9.17, 15) is 9.18 Å². The molecule has 0 aromatic heterocycles. The summed E-state index contributed by atoms with van der Waals surface area (Å²) < 4.78 is 19.8. The molecule has 1 N–H and O–H groups in total. The van der Waals surface area contributed by atoms with Gasteiger partial charge in [-0.1, -0.05) is 15.9 Å². The number of anilines is 1. The van der Waals surface area contributed by atoms with Gasteiger partial charge >= 0.3 is 0 Å². The smallest absolute Gasteiger partial charge is 0.228 e. The lowest BCUT2D eigenvalue weighted by Crippen LogP contribution is -2.31. The Morgan fingerprint density at radius 2 is 2.19 bits per heavy atom. The van der Waals surface area contributed by atoms with Crippen molar-refractivity contribution in [1.82, 2.24) is 0 Å². The third-order valence-electron chi connectivity index (χ3n) is 2.25. The van der Waals surface area contributed by atoms with Crippen molar-refractivity contribution in [3.05, 3.63) is 22.4 Å². The number of amides is 1. The van der Waals surface area contributed by atoms with Crippen LogP contribution in [-0.4, -0.2) is 11.5 Å². The average molecular weight is 288 g/mol. The number of hydrogen-bond donors (Lipinski definition) is 1. The summed E-state index contributed by atoms with van der Waals surface area (Å²) in [6, 6.07) is 2.93. The second-order valence-electron chi connectivity index (χ2n) is 4.35. The maximum absolute atomic E-state index is 13.7. The van der Waals surface area contributed by atoms with E-state index in [4.69, 9.17) is 4.74 Å². The summed E-state index contributed by atoms with van der Waals surface area (Å²) in [5.74, 6) is -0.569. The number of fused-ring (bicyclic) bond motifs is 1. The second kappa shape index (κ2) is 3.73. The van der Waals surface area contributed by atoms with Crippen LogP contribution in [0.1, 0.15) is 20.3 Å². The van der Waals surface area contributed by atoms with Crippen LogP contribution in [0.3, 0.4) is 0 Å². The summed E-state index contributed by atoms with van der Waals surface area (Å²) >= 11 is 3.17. The molecule has 86 valence electrons. The lowest BCUT2D eigenvalue weighted by molar-refractivity contribution is -0.118. The monoisotopic (exact) mass is 287 g/mol. The topological polar surface area (TPSA) is 38.3 Å². The van der Waals surface area contributed by atoms with Gasteiger partial charge in [-0.25, -0.2) is 4.39 Å². The number of rotatable bonds is 0. The maximum Gasteiger partial charge on any atom is 0.228 e. The van der Waals surface area contributed by atoms with Crippen molar-refractivity contribution in [3.8, 4) is 5.75 Å². The van der Waals surface area contributed by atoms with Crippen LogP contribution in [0.2, 0.25) is 0 Å². The molecule has 5 heteroatoms. The molecule has 16 heavy (non-hydrogen) atoms. The third kappa shape index (κ3) is 2.19. The van der Waals surface area contributed by atoms with E-state index in [1.165, 1.54) is 6.07 Å². The lowest BCUT2D eigenvalue weighted by Gasteiger charge is -2.23. The van der Waals surface area contributed by atoms with Gasteiger partial charge in [0, 0.05) is 4.47 Å². The van der Waals surface area contributed by atoms with E-state index in [1.807, 2.05) is 0 Å². The molecule has 0 aliphatic carbocycles. The first-order valence-corrected chi connectivity index (χ1v) is 5.65. The molecule has 2 rings (SSSR count). The molecule has 0 atom stereocenters. The largest absolute Gasteiger partial charge is 0.482 e. The van der Waals surface area contributed by atoms with E-state index in [1.54, 1.807) is 19.9 Å². The Labute approximate surface area is 101 Å². The Balaban J connectivity index is 2.54. The van der Waals surface area contributed by atoms with Crippen LogP contribution in [0.5, 0.6) is 5.75 Å². The van der Waals surface area contributed by atoms with Gasteiger partial charge < -0.3 is 10.1 Å². The fourth-order valence-electron chi connectivity index (χ4n) is 1.65. The van der Waals surface area contributed by atoms with E-state index >= 15 is 0 Å². The summed E-state index contributed by atoms with van der Waals surface area (Å²) in [6.07, 6.45) is 0.193. The number of hydrogen-bond acceptors (Lipinski definition) is 2. The van der Waals surface area contributed by atoms with Gasteiger partial charge in [0.15, 0.2) is 11.6 Å². The normalized spacial score (nSPS) is 18.1. The van der Waals surface area contributed by atoms with Crippen LogP contribution in [0.4, 0.5) is 10.1 Å². The number of halogens is 2. The van der Waals surface area contributed by atoms with Crippen LogP contribution in [0, 0.1) is 5.82 Å². The molecule has 0 unspecified atom stereocenters. The molecule has 0 fully saturated rings. The highest BCUT2D eigenvalue weighted by atomic mass is 79.9. The molecule has 1 aliphatic heterocycles. The summed E-state index contributed by atoms with van der Waals surface area (Å²) in [7, 11) is 0. The maximum atomic E-state index is 13.7. The quantitative estimate of drug-likeness (QED) is 0.796. The first-order valence-electron chi connectivity index (χ1n) is 4.85. The molecular formula is C11H11BrFNO2. The van der Waals surface area contributed by atoms with Crippen molar-refractivity contribution in [2.24, 2.45) is 0 Å². The lowest BCUT2D eigenvalue weighted by atomic mass is 10.1. The Morgan fingerprint density at radius 1 is 1.50 bits per heavy atom. The predicted octanol–water partition coefficient (Wildman–Crippen LogP) is 3.09. The molecule has 1 aromatic rings. The van der Waals surface area contributed by atoms with Crippen molar-refractivity contribution in [2.75, 3.05) is 5.32 Å². The minimum absolute atomic E-state index is 0.0963. The van der Waals surface area contributed by atoms with E-state index < -0.39 is 11.4 Å². The molecule has 1 aromatic carbocycles. The number of nitrogens with one attached hydrogen (secondary N) is 1. The zero-order valence-corrected chi connectivity index (χ0v) is 10.5. The van der Waals surface area contributed by atoms with Gasteiger partial charge in [-0.3, -0.25) is 4.79 Å². The van der Waals surface area contributed by atoms with Gasteiger partial charge in [0.05, 0.1) is 12.1 Å². The van der Waals surface area contributed by atoms with Crippen LogP contribution in [-0.2, 0) is 4.79 Å². The summed E-state index contributed by atoms with van der Waals surface area (Å²) in [5.41, 5.74) is -0.341. The minimum atomic E-state index is -0.704. The Kier molecular flexibility index (Phi) is 2.66. The van der Waals surface area contributed by atoms with Gasteiger partial charge in [0.1, 0.15) is 5.60 Å². The molecule has 0 saturated carbocycles. The molecule has 0 spiro atoms. The highest BCUT2D eigenvalue weighted by Gasteiger charge is 2.31. The first kappa shape index (κ1) is 11.4. The molecule has 0 bridgehead atoms. The number of benzene rings is 1. The fourth-order valence-corrected chi connectivity index (χ4v) is 2.08. The van der Waals surface area contributed by atoms with Crippen molar-refractivity contribution >= 4 is 27.5 Å². The van der Waals surface area contributed by atoms with Gasteiger partial charge in [-0.2, -0.15) is 0 Å². The van der Waals surface area contributed by atoms with E-state index in [0.717, 1.165) is 0 Å². The van der Waals surface area contributed by atoms with Gasteiger partial charge in [0.25, 0.3) is 0 Å². The highest BCUT2D eigenvalue weighted by Crippen LogP contribution is 2.37. The van der Waals surface area contributed by atoms with E-state index in [2.05, 4.69) is 21.2 Å². The summed E-state index contributed by atoms with van der Waals surface area (Å²) in [6.45, 7) is 3.51. The number of carbonyl (C=O) groups is 1. The fraction of sp³-hybridized carbons (Fsp3) is 0.364. The summed E-state index contributed by atoms with van der Waals surface area (Å²) in [4.78, 5) is 11.6. The minimum Gasteiger partial charge on any atom is -0.482 e. The van der Waals surface area contributed by atoms with Gasteiger partial charge in [-0.05, 0) is 26.0 Å². The van der Waals surface area contributed by atoms with Crippen LogP contribution >= 0.6 is 15.9 Å². The van der Waals surface area contributed by atoms with Crippen molar-refractivity contribution in [3.63, 3.8) is 0 Å². The summed E-state index contributed by atoms with van der Waals surface area (Å²) in [5, 5.41) is 2.63. The van der Waals surface area contributed by atoms with Crippen molar-refractivity contribution in [1.29, 1.82) is 0 Å². The first-order chi connectivity index (χ1) is 7.37. The van der Waals surface area contributed by atoms with E-state index in [0.29, 0.717) is 10.2 Å². The van der Waals surface area contributed by atoms with Crippen LogP contribution in [0.15, 0.2) is 16.6 Å². The molecule has 1 heterocycles. The zero-order valence-electron chi connectivity index (χ0n) is 8.93. The standard InChI is InChI=1S/C11H11BrFNO2/c1-11(2)5-9(15)14-8-4-6(12)3-7(13)10(8)16-11/h3-4H,5H2,1-2H3,(H,14,15). The van der Waals surface area contributed by atoms with Crippen molar-refractivity contribution in [2.45, 2.75) is 25.9 Å².